The smallest absolute Gasteiger partial charge is 0.00856 e. The molecule has 0 atom stereocenters. The van der Waals surface area contributed by atoms with Crippen LogP contribution >= 0.6 is 12.6 Å². The molecule has 0 bridgehead atoms. The SMILES string of the molecule is C1CC1.C=C/C=C\C=C/CS.c1ccccc1. The Morgan fingerprint density at radius 2 is 1.29 bits per heavy atom. The van der Waals surface area contributed by atoms with Gasteiger partial charge >= 0.3 is 0 Å². The van der Waals surface area contributed by atoms with E-state index < -0.39 is 0 Å². The standard InChI is InChI=1S/C7H10S.C6H6.C3H6/c1-2-3-4-5-6-7-8;1-2-4-6-5-3-1;1-2-3-1/h2-6,8H,1,7H2;1-6H;1-3H2/b4-3-,6-5-;;. The van der Waals surface area contributed by atoms with Crippen molar-refractivity contribution in [3.63, 3.8) is 0 Å². The van der Waals surface area contributed by atoms with E-state index in [1.165, 1.54) is 19.3 Å². The second-order valence-electron chi connectivity index (χ2n) is 3.45. The Bertz CT molecular complexity index is 267. The van der Waals surface area contributed by atoms with E-state index in [4.69, 9.17) is 0 Å². The van der Waals surface area contributed by atoms with Crippen LogP contribution in [0.4, 0.5) is 0 Å². The summed E-state index contributed by atoms with van der Waals surface area (Å²) in [6.45, 7) is 3.52. The molecule has 17 heavy (non-hydrogen) atoms. The van der Waals surface area contributed by atoms with Crippen LogP contribution in [0.5, 0.6) is 0 Å². The minimum Gasteiger partial charge on any atom is -0.175 e. The first-order chi connectivity index (χ1) is 8.41. The molecule has 0 amide bonds. The van der Waals surface area contributed by atoms with Gasteiger partial charge in [-0.2, -0.15) is 12.6 Å². The van der Waals surface area contributed by atoms with Gasteiger partial charge in [0.1, 0.15) is 0 Å². The Morgan fingerprint density at radius 3 is 1.59 bits per heavy atom. The highest BCUT2D eigenvalue weighted by Gasteiger charge is 1.95. The molecule has 1 saturated carbocycles. The first-order valence-corrected chi connectivity index (χ1v) is 6.60. The van der Waals surface area contributed by atoms with Crippen molar-refractivity contribution >= 4 is 12.6 Å². The fourth-order valence-corrected chi connectivity index (χ4v) is 0.789. The molecule has 2 rings (SSSR count). The fourth-order valence-electron chi connectivity index (χ4n) is 0.667. The molecule has 0 aromatic heterocycles. The predicted molar refractivity (Wildman–Crippen MR) is 82.6 cm³/mol. The van der Waals surface area contributed by atoms with Crippen LogP contribution in [0.25, 0.3) is 0 Å². The molecule has 0 N–H and O–H groups in total. The number of hydrogen-bond acceptors (Lipinski definition) is 1. The Morgan fingerprint density at radius 1 is 0.824 bits per heavy atom. The lowest BCUT2D eigenvalue weighted by Crippen LogP contribution is -1.55. The molecule has 1 aliphatic carbocycles. The second-order valence-corrected chi connectivity index (χ2v) is 3.81. The van der Waals surface area contributed by atoms with Gasteiger partial charge in [-0.05, 0) is 0 Å². The average Bonchev–Trinajstić information content (AvgIpc) is 3.26. The molecule has 0 aliphatic heterocycles. The van der Waals surface area contributed by atoms with Gasteiger partial charge in [0.25, 0.3) is 0 Å². The van der Waals surface area contributed by atoms with Gasteiger partial charge in [0, 0.05) is 5.75 Å². The molecule has 0 nitrogen and oxygen atoms in total. The summed E-state index contributed by atoms with van der Waals surface area (Å²) in [6.07, 6.45) is 13.9. The molecule has 1 heteroatoms. The summed E-state index contributed by atoms with van der Waals surface area (Å²) < 4.78 is 0. The summed E-state index contributed by atoms with van der Waals surface area (Å²) in [5, 5.41) is 0. The van der Waals surface area contributed by atoms with Gasteiger partial charge in [-0.1, -0.05) is 92.6 Å². The van der Waals surface area contributed by atoms with Crippen molar-refractivity contribution in [2.75, 3.05) is 5.75 Å². The van der Waals surface area contributed by atoms with Crippen LogP contribution in [-0.2, 0) is 0 Å². The van der Waals surface area contributed by atoms with Crippen molar-refractivity contribution in [2.24, 2.45) is 0 Å². The highest BCUT2D eigenvalue weighted by atomic mass is 32.1. The molecule has 0 spiro atoms. The third kappa shape index (κ3) is 20.8. The zero-order valence-corrected chi connectivity index (χ0v) is 11.2. The van der Waals surface area contributed by atoms with Crippen LogP contribution < -0.4 is 0 Å². The zero-order chi connectivity index (χ0) is 12.6. The van der Waals surface area contributed by atoms with Crippen molar-refractivity contribution < 1.29 is 0 Å². The second kappa shape index (κ2) is 14.8. The van der Waals surface area contributed by atoms with Crippen molar-refractivity contribution in [2.45, 2.75) is 19.3 Å². The van der Waals surface area contributed by atoms with Crippen molar-refractivity contribution in [1.29, 1.82) is 0 Å². The third-order valence-electron chi connectivity index (χ3n) is 1.62. The van der Waals surface area contributed by atoms with Crippen LogP contribution in [0, 0.1) is 0 Å². The highest BCUT2D eigenvalue weighted by Crippen LogP contribution is 2.14. The Balaban J connectivity index is 0.000000246. The maximum Gasteiger partial charge on any atom is 0.00856 e. The van der Waals surface area contributed by atoms with E-state index in [-0.39, 0.29) is 0 Å². The number of thiol groups is 1. The largest absolute Gasteiger partial charge is 0.175 e. The van der Waals surface area contributed by atoms with Crippen LogP contribution in [0.2, 0.25) is 0 Å². The van der Waals surface area contributed by atoms with Gasteiger partial charge in [-0.25, -0.2) is 0 Å². The molecule has 1 aliphatic rings. The molecule has 0 saturated heterocycles. The van der Waals surface area contributed by atoms with E-state index in [9.17, 15) is 0 Å². The van der Waals surface area contributed by atoms with Crippen molar-refractivity contribution in [1.82, 2.24) is 0 Å². The van der Waals surface area contributed by atoms with Crippen LogP contribution in [0.3, 0.4) is 0 Å². The van der Waals surface area contributed by atoms with Crippen molar-refractivity contribution in [3.05, 3.63) is 73.4 Å². The van der Waals surface area contributed by atoms with Gasteiger partial charge in [0.15, 0.2) is 0 Å². The lowest BCUT2D eigenvalue weighted by Gasteiger charge is -1.71. The van der Waals surface area contributed by atoms with E-state index in [1.54, 1.807) is 6.08 Å². The summed E-state index contributed by atoms with van der Waals surface area (Å²) in [5.74, 6) is 0.793. The van der Waals surface area contributed by atoms with Gasteiger partial charge in [0.05, 0.1) is 0 Å². The normalized spacial score (nSPS) is 12.3. The summed E-state index contributed by atoms with van der Waals surface area (Å²) >= 11 is 3.98. The maximum absolute atomic E-state index is 3.98. The molecule has 0 radical (unpaired) electrons. The van der Waals surface area contributed by atoms with E-state index in [0.717, 1.165) is 5.75 Å². The Hall–Kier alpha value is -1.21. The lowest BCUT2D eigenvalue weighted by molar-refractivity contribution is 1.50. The molecule has 0 heterocycles. The van der Waals surface area contributed by atoms with Crippen LogP contribution in [0.15, 0.2) is 73.4 Å². The van der Waals surface area contributed by atoms with Gasteiger partial charge in [0.2, 0.25) is 0 Å². The van der Waals surface area contributed by atoms with E-state index in [1.807, 2.05) is 60.7 Å². The molecular weight excluding hydrogens is 224 g/mol. The molecule has 1 aromatic rings. The number of rotatable bonds is 3. The fraction of sp³-hybridized carbons (Fsp3) is 0.250. The maximum atomic E-state index is 3.98. The minimum absolute atomic E-state index is 0.793. The summed E-state index contributed by atoms with van der Waals surface area (Å²) in [7, 11) is 0. The summed E-state index contributed by atoms with van der Waals surface area (Å²) in [5.41, 5.74) is 0. The molecule has 0 unspecified atom stereocenters. The third-order valence-corrected chi connectivity index (χ3v) is 1.83. The minimum atomic E-state index is 0.793. The quantitative estimate of drug-likeness (QED) is 0.558. The number of allylic oxidation sites excluding steroid dienone is 4. The molecule has 1 fully saturated rings. The Labute approximate surface area is 111 Å². The molecule has 92 valence electrons. The first kappa shape index (κ1) is 15.8. The first-order valence-electron chi connectivity index (χ1n) is 5.97. The predicted octanol–water partition coefficient (Wildman–Crippen LogP) is 5.07. The zero-order valence-electron chi connectivity index (χ0n) is 10.3. The topological polar surface area (TPSA) is 0 Å². The van der Waals surface area contributed by atoms with E-state index in [0.29, 0.717) is 0 Å². The summed E-state index contributed by atoms with van der Waals surface area (Å²) in [6, 6.07) is 12.0. The molecular formula is C16H22S. The van der Waals surface area contributed by atoms with Gasteiger partial charge in [-0.3, -0.25) is 0 Å². The van der Waals surface area contributed by atoms with Gasteiger partial charge in [-0.15, -0.1) is 0 Å². The van der Waals surface area contributed by atoms with E-state index in [2.05, 4.69) is 19.2 Å². The molecule has 1 aromatic carbocycles. The van der Waals surface area contributed by atoms with Gasteiger partial charge < -0.3 is 0 Å². The average molecular weight is 246 g/mol. The van der Waals surface area contributed by atoms with E-state index >= 15 is 0 Å². The number of benzene rings is 1. The monoisotopic (exact) mass is 246 g/mol. The van der Waals surface area contributed by atoms with Crippen LogP contribution in [0.1, 0.15) is 19.3 Å². The summed E-state index contributed by atoms with van der Waals surface area (Å²) in [4.78, 5) is 0. The number of hydrogen-bond donors (Lipinski definition) is 1. The highest BCUT2D eigenvalue weighted by molar-refractivity contribution is 7.80. The Kier molecular flexibility index (Phi) is 13.7. The van der Waals surface area contributed by atoms with Crippen molar-refractivity contribution in [3.8, 4) is 0 Å². The lowest BCUT2D eigenvalue weighted by atomic mass is 10.4. The van der Waals surface area contributed by atoms with Crippen LogP contribution in [-0.4, -0.2) is 5.75 Å².